The lowest BCUT2D eigenvalue weighted by Crippen LogP contribution is -2.09. The van der Waals surface area contributed by atoms with Crippen LogP contribution in [0.4, 0.5) is 0 Å². The van der Waals surface area contributed by atoms with Crippen molar-refractivity contribution in [3.63, 3.8) is 0 Å². The number of Topliss-reactive ketones (excluding diaryl/α,β-unsaturated/α-hetero) is 3. The average molecular weight is 669 g/mol. The van der Waals surface area contributed by atoms with E-state index in [1.165, 1.54) is 13.0 Å². The topological polar surface area (TPSA) is 105 Å². The molecular weight excluding hydrogens is 620 g/mol. The third-order valence-corrected chi connectivity index (χ3v) is 6.73. The molecule has 0 saturated carbocycles. The molecule has 0 unspecified atom stereocenters. The fourth-order valence-electron chi connectivity index (χ4n) is 4.07. The fourth-order valence-corrected chi connectivity index (χ4v) is 4.07. The van der Waals surface area contributed by atoms with Crippen LogP contribution in [0.15, 0.2) is 109 Å². The molecule has 0 aromatic heterocycles. The fraction of sp³-hybridized carbons (Fsp3) is 0.220. The minimum atomic E-state index is -0.502. The van der Waals surface area contributed by atoms with Gasteiger partial charge in [0.05, 0.1) is 26.9 Å². The number of carbonyl (C=O) groups is 4. The summed E-state index contributed by atoms with van der Waals surface area (Å²) in [6, 6.07) is 31.7. The summed E-state index contributed by atoms with van der Waals surface area (Å²) >= 11 is 0. The molecule has 0 radical (unpaired) electrons. The van der Waals surface area contributed by atoms with Crippen molar-refractivity contribution in [1.29, 1.82) is 0 Å². The third-order valence-electron chi connectivity index (χ3n) is 6.73. The molecule has 0 aliphatic carbocycles. The van der Waals surface area contributed by atoms with Gasteiger partial charge in [-0.05, 0) is 110 Å². The van der Waals surface area contributed by atoms with Crippen LogP contribution in [-0.4, -0.2) is 44.6 Å². The predicted octanol–water partition coefficient (Wildman–Crippen LogP) is 9.97. The maximum absolute atomic E-state index is 12.0. The van der Waals surface area contributed by atoms with Gasteiger partial charge in [0.2, 0.25) is 0 Å². The lowest BCUT2D eigenvalue weighted by Gasteiger charge is -2.06. The standard InChI is InChI=1S/C16H14O4.C13H12O2.C9H10O2.3CH4/c1-11(17)12-4-3-5-13(10-12)16(18)20-15-8-6-14(19-2)7-9-15;1-9(14)10-3-4-12-8-13(15-2)6-5-11(12)7-10;1-7(10)8-3-5-9(11-2)6-4-8;;;/h3-10H,1-2H3;3-8H,1-2H3;3-6H,1-2H3;3*1H4. The highest BCUT2D eigenvalue weighted by molar-refractivity contribution is 5.99. The highest BCUT2D eigenvalue weighted by Crippen LogP contribution is 2.22. The van der Waals surface area contributed by atoms with E-state index < -0.39 is 5.97 Å². The van der Waals surface area contributed by atoms with Crippen LogP contribution in [0.2, 0.25) is 0 Å². The second kappa shape index (κ2) is 21.2. The molecule has 0 N–H and O–H groups in total. The first-order valence-electron chi connectivity index (χ1n) is 14.3. The molecule has 5 rings (SSSR count). The SMILES string of the molecule is C.C.C.COc1ccc(C(C)=O)cc1.COc1ccc(OC(=O)c2cccc(C(C)=O)c2)cc1.COc1ccc2cc(C(C)=O)ccc2c1. The van der Waals surface area contributed by atoms with Crippen LogP contribution in [0.1, 0.15) is 84.5 Å². The van der Waals surface area contributed by atoms with Crippen LogP contribution in [0.5, 0.6) is 23.0 Å². The molecule has 0 saturated heterocycles. The molecule has 0 spiro atoms. The highest BCUT2D eigenvalue weighted by atomic mass is 16.5. The molecular formula is C41H48O8. The molecule has 0 aliphatic heterocycles. The monoisotopic (exact) mass is 668 g/mol. The van der Waals surface area contributed by atoms with E-state index in [0.717, 1.165) is 27.8 Å². The van der Waals surface area contributed by atoms with Crippen molar-refractivity contribution < 1.29 is 38.1 Å². The molecule has 0 fully saturated rings. The normalized spacial score (nSPS) is 9.27. The first kappa shape index (κ1) is 43.2. The predicted molar refractivity (Wildman–Crippen MR) is 198 cm³/mol. The van der Waals surface area contributed by atoms with E-state index in [-0.39, 0.29) is 39.6 Å². The first-order valence-corrected chi connectivity index (χ1v) is 14.3. The minimum absolute atomic E-state index is 0. The summed E-state index contributed by atoms with van der Waals surface area (Å²) in [5.41, 5.74) is 2.28. The van der Waals surface area contributed by atoms with Gasteiger partial charge in [-0.3, -0.25) is 14.4 Å². The van der Waals surface area contributed by atoms with Crippen LogP contribution < -0.4 is 18.9 Å². The summed E-state index contributed by atoms with van der Waals surface area (Å²) in [5.74, 6) is 2.28. The quantitative estimate of drug-likeness (QED) is 0.0914. The van der Waals surface area contributed by atoms with Gasteiger partial charge < -0.3 is 18.9 Å². The number of carbonyl (C=O) groups excluding carboxylic acids is 4. The van der Waals surface area contributed by atoms with Crippen molar-refractivity contribution >= 4 is 34.1 Å². The lowest BCUT2D eigenvalue weighted by atomic mass is 10.0. The molecule has 0 bridgehead atoms. The van der Waals surface area contributed by atoms with Gasteiger partial charge in [-0.1, -0.05) is 52.6 Å². The zero-order chi connectivity index (χ0) is 33.6. The maximum atomic E-state index is 12.0. The number of ether oxygens (including phenoxy) is 4. The Bertz CT molecular complexity index is 1810. The van der Waals surface area contributed by atoms with Crippen molar-refractivity contribution in [1.82, 2.24) is 0 Å². The average Bonchev–Trinajstić information content (AvgIpc) is 3.08. The van der Waals surface area contributed by atoms with E-state index in [1.54, 1.807) is 102 Å². The summed E-state index contributed by atoms with van der Waals surface area (Å²) in [6.07, 6.45) is 0. The van der Waals surface area contributed by atoms with Gasteiger partial charge >= 0.3 is 5.97 Å². The van der Waals surface area contributed by atoms with Gasteiger partial charge in [0.25, 0.3) is 0 Å². The zero-order valence-electron chi connectivity index (χ0n) is 26.7. The van der Waals surface area contributed by atoms with E-state index >= 15 is 0 Å². The number of esters is 1. The number of hydrogen-bond donors (Lipinski definition) is 0. The molecule has 0 atom stereocenters. The second-order valence-corrected chi connectivity index (χ2v) is 9.97. The van der Waals surface area contributed by atoms with Crippen LogP contribution in [0.25, 0.3) is 10.8 Å². The largest absolute Gasteiger partial charge is 0.497 e. The van der Waals surface area contributed by atoms with Gasteiger partial charge in [-0.15, -0.1) is 0 Å². The van der Waals surface area contributed by atoms with Crippen LogP contribution in [0, 0.1) is 0 Å². The number of hydrogen-bond acceptors (Lipinski definition) is 8. The van der Waals surface area contributed by atoms with Gasteiger partial charge in [-0.2, -0.15) is 0 Å². The molecule has 260 valence electrons. The smallest absolute Gasteiger partial charge is 0.343 e. The van der Waals surface area contributed by atoms with Gasteiger partial charge in [-0.25, -0.2) is 4.79 Å². The number of fused-ring (bicyclic) bond motifs is 1. The van der Waals surface area contributed by atoms with E-state index in [9.17, 15) is 19.2 Å². The number of methoxy groups -OCH3 is 3. The van der Waals surface area contributed by atoms with Gasteiger partial charge in [0, 0.05) is 16.7 Å². The summed E-state index contributed by atoms with van der Waals surface area (Å²) < 4.78 is 20.3. The van der Waals surface area contributed by atoms with Crippen LogP contribution >= 0.6 is 0 Å². The maximum Gasteiger partial charge on any atom is 0.343 e. The van der Waals surface area contributed by atoms with E-state index in [2.05, 4.69) is 0 Å². The van der Waals surface area contributed by atoms with E-state index in [0.29, 0.717) is 28.2 Å². The summed E-state index contributed by atoms with van der Waals surface area (Å²) in [5, 5.41) is 2.14. The molecule has 8 nitrogen and oxygen atoms in total. The minimum Gasteiger partial charge on any atom is -0.497 e. The summed E-state index contributed by atoms with van der Waals surface area (Å²) in [4.78, 5) is 45.3. The Morgan fingerprint density at radius 3 is 1.31 bits per heavy atom. The van der Waals surface area contributed by atoms with Crippen molar-refractivity contribution in [2.45, 2.75) is 43.1 Å². The molecule has 49 heavy (non-hydrogen) atoms. The second-order valence-electron chi connectivity index (χ2n) is 9.97. The van der Waals surface area contributed by atoms with Gasteiger partial charge in [0.1, 0.15) is 23.0 Å². The molecule has 8 heteroatoms. The van der Waals surface area contributed by atoms with Crippen molar-refractivity contribution in [2.24, 2.45) is 0 Å². The summed E-state index contributed by atoms with van der Waals surface area (Å²) in [7, 11) is 4.81. The Morgan fingerprint density at radius 2 is 0.796 bits per heavy atom. The summed E-state index contributed by atoms with van der Waals surface area (Å²) in [6.45, 7) is 4.57. The zero-order valence-corrected chi connectivity index (χ0v) is 26.7. The lowest BCUT2D eigenvalue weighted by molar-refractivity contribution is 0.0734. The molecule has 5 aromatic rings. The molecule has 0 amide bonds. The number of benzene rings is 5. The molecule has 0 aliphatic rings. The van der Waals surface area contributed by atoms with E-state index in [1.807, 2.05) is 36.4 Å². The highest BCUT2D eigenvalue weighted by Gasteiger charge is 2.11. The van der Waals surface area contributed by atoms with Crippen molar-refractivity contribution in [3.8, 4) is 23.0 Å². The third kappa shape index (κ3) is 13.1. The van der Waals surface area contributed by atoms with Crippen molar-refractivity contribution in [3.05, 3.63) is 131 Å². The molecule has 0 heterocycles. The number of rotatable bonds is 8. The van der Waals surface area contributed by atoms with Crippen LogP contribution in [-0.2, 0) is 0 Å². The first-order chi connectivity index (χ1) is 22.0. The Morgan fingerprint density at radius 1 is 0.408 bits per heavy atom. The Labute approximate surface area is 290 Å². The number of ketones is 3. The Kier molecular flexibility index (Phi) is 18.7. The Hall–Kier alpha value is -5.76. The Balaban J connectivity index is 0.000000712. The van der Waals surface area contributed by atoms with E-state index in [4.69, 9.17) is 18.9 Å². The van der Waals surface area contributed by atoms with Crippen LogP contribution in [0.3, 0.4) is 0 Å². The van der Waals surface area contributed by atoms with Crippen molar-refractivity contribution in [2.75, 3.05) is 21.3 Å². The molecule has 5 aromatic carbocycles. The van der Waals surface area contributed by atoms with Gasteiger partial charge in [0.15, 0.2) is 17.3 Å².